The first-order valence-electron chi connectivity index (χ1n) is 41.8. The molecule has 0 aliphatic heterocycles. The molecule has 0 radical (unpaired) electrons. The molecule has 2 atom stereocenters. The Bertz CT molecular complexity index is 7470. The van der Waals surface area contributed by atoms with Gasteiger partial charge < -0.3 is 0 Å². The number of rotatable bonds is 0. The van der Waals surface area contributed by atoms with Gasteiger partial charge in [0.2, 0.25) is 0 Å². The van der Waals surface area contributed by atoms with Crippen molar-refractivity contribution in [2.45, 2.75) is 159 Å². The lowest BCUT2D eigenvalue weighted by Gasteiger charge is -2.26. The predicted molar refractivity (Wildman–Crippen MR) is 511 cm³/mol. The summed E-state index contributed by atoms with van der Waals surface area (Å²) in [5, 5.41) is 44.8. The van der Waals surface area contributed by atoms with Crippen LogP contribution in [0.15, 0.2) is 206 Å². The van der Waals surface area contributed by atoms with E-state index in [1.807, 2.05) is 0 Å². The standard InChI is InChI=1S/C32H30.C32H28.C28H26.C23H22/c1-17-7-9-23-13-27-19(3)32-22(6)30-16-26-12-18(2)8-10-24(26)14-28(30)20(4)31(32)21(5)29(27)15-25(23)11-17;1-17-25-13-9-7-11-23(25)15-27-19(3)32-22(6)30-18(2)26-14-10-8-12-24(26)16-28(30)20(4)31(32)21(5)29(17)27;1-15-21-11-7-8-12-22(21)16(2)26-20(6)28-18(4)24-14-10-9-13-23(24)17(3)27(28)19(5)25(15)26;1-13-10-11-20-16(4)22-14(2)18-8-6-7-9-19(18)15(3)23(22)17(5)21(20)12-13/h7-16,23,25H,1-6H3;7-16H,1-6H3;7-14H,1-6H3;6-12H,1-5H3. The van der Waals surface area contributed by atoms with Gasteiger partial charge in [-0.3, -0.25) is 0 Å². The molecule has 0 nitrogen and oxygen atoms in total. The summed E-state index contributed by atoms with van der Waals surface area (Å²) in [7, 11) is 0. The van der Waals surface area contributed by atoms with Crippen molar-refractivity contribution in [1.82, 2.24) is 0 Å². The number of hydrogen-bond acceptors (Lipinski definition) is 0. The molecule has 0 saturated heterocycles. The lowest BCUT2D eigenvalue weighted by molar-refractivity contribution is 0.715. The molecule has 0 aromatic heterocycles. The molecule has 0 fully saturated rings. The van der Waals surface area contributed by atoms with Gasteiger partial charge in [-0.2, -0.15) is 0 Å². The fraction of sp³-hybridized carbons (Fsp3) is 0.217. The van der Waals surface area contributed by atoms with Crippen LogP contribution >= 0.6 is 0 Å². The van der Waals surface area contributed by atoms with Crippen LogP contribution in [-0.4, -0.2) is 0 Å². The highest BCUT2D eigenvalue weighted by Crippen LogP contribution is 2.49. The lowest BCUT2D eigenvalue weighted by Crippen LogP contribution is -2.37. The van der Waals surface area contributed by atoms with Crippen molar-refractivity contribution in [3.63, 3.8) is 0 Å². The largest absolute Gasteiger partial charge is 0.0764 e. The van der Waals surface area contributed by atoms with Crippen molar-refractivity contribution < 1.29 is 0 Å². The minimum absolute atomic E-state index is 0.468. The lowest BCUT2D eigenvalue weighted by atomic mass is 9.78. The SMILES string of the molecule is CC1=CC2C=c3c(C)c4c(C)c5cc6ccc(C)cc6cc5c(C)c4c(C)c3=CC2C=C1.Cc1c2ccccc2c(C)c2c(C)c3c(C)c4ccccc4c(C)c3c(C)c12.Cc1c2ccccc2cc2c(C)c3c(C)c4c(C)c5ccccc5cc4c(C)c3c(C)c12.Cc1ccc2c(C)c3c(C)c4ccccc4c(C)c3c(C)c2c1. The molecule has 0 bridgehead atoms. The molecule has 19 aromatic carbocycles. The number of aryl methyl sites for hydroxylation is 22. The Morgan fingerprint density at radius 3 is 0.817 bits per heavy atom. The fourth-order valence-electron chi connectivity index (χ4n) is 22.7. The van der Waals surface area contributed by atoms with E-state index in [9.17, 15) is 0 Å². The molecule has 566 valence electrons. The monoisotopic (exact) mass is 1490 g/mol. The maximum Gasteiger partial charge on any atom is 0.00596 e. The van der Waals surface area contributed by atoms with E-state index in [0.717, 1.165) is 0 Å². The number of hydrogen-bond donors (Lipinski definition) is 0. The third-order valence-corrected chi connectivity index (χ3v) is 28.4. The first-order chi connectivity index (χ1) is 55.2. The molecule has 2 aliphatic rings. The van der Waals surface area contributed by atoms with Crippen LogP contribution in [0.2, 0.25) is 0 Å². The Morgan fingerprint density at radius 1 is 0.165 bits per heavy atom. The summed E-state index contributed by atoms with van der Waals surface area (Å²) in [5.41, 5.74) is 32.3. The predicted octanol–water partition coefficient (Wildman–Crippen LogP) is 31.2. The van der Waals surface area contributed by atoms with E-state index >= 15 is 0 Å². The molecule has 0 saturated carbocycles. The normalized spacial score (nSPS) is 14.0. The molecule has 19 aromatic rings. The van der Waals surface area contributed by atoms with Crippen LogP contribution < -0.4 is 10.4 Å². The zero-order valence-electron chi connectivity index (χ0n) is 71.9. The van der Waals surface area contributed by atoms with Gasteiger partial charge in [0.25, 0.3) is 0 Å². The van der Waals surface area contributed by atoms with Crippen LogP contribution in [-0.2, 0) is 0 Å². The molecule has 21 rings (SSSR count). The van der Waals surface area contributed by atoms with E-state index < -0.39 is 0 Å². The van der Waals surface area contributed by atoms with E-state index in [1.165, 1.54) is 300 Å². The van der Waals surface area contributed by atoms with Crippen LogP contribution in [0.3, 0.4) is 0 Å². The maximum absolute atomic E-state index is 2.52. The van der Waals surface area contributed by atoms with E-state index in [1.54, 1.807) is 0 Å². The smallest absolute Gasteiger partial charge is 0.00596 e. The van der Waals surface area contributed by atoms with Crippen LogP contribution in [0.5, 0.6) is 0 Å². The summed E-state index contributed by atoms with van der Waals surface area (Å²) >= 11 is 0. The summed E-state index contributed by atoms with van der Waals surface area (Å²) in [6.45, 7) is 52.7. The van der Waals surface area contributed by atoms with Crippen molar-refractivity contribution >= 4 is 174 Å². The second-order valence-electron chi connectivity index (χ2n) is 34.8. The van der Waals surface area contributed by atoms with Crippen molar-refractivity contribution in [2.24, 2.45) is 11.8 Å². The average Bonchev–Trinajstić information content (AvgIpc) is 0.719. The van der Waals surface area contributed by atoms with Crippen molar-refractivity contribution in [3.8, 4) is 0 Å². The Morgan fingerprint density at radius 2 is 0.426 bits per heavy atom. The van der Waals surface area contributed by atoms with Gasteiger partial charge in [0.1, 0.15) is 0 Å². The van der Waals surface area contributed by atoms with E-state index in [4.69, 9.17) is 0 Å². The Labute approximate surface area is 678 Å². The third-order valence-electron chi connectivity index (χ3n) is 28.4. The first kappa shape index (κ1) is 74.7. The number of fused-ring (bicyclic) bond motifs is 17. The van der Waals surface area contributed by atoms with E-state index in [2.05, 4.69) is 372 Å². The Hall–Kier alpha value is -11.7. The van der Waals surface area contributed by atoms with Crippen LogP contribution in [0.25, 0.3) is 174 Å². The van der Waals surface area contributed by atoms with Gasteiger partial charge in [-0.05, 0) is 467 Å². The second-order valence-corrected chi connectivity index (χ2v) is 34.8. The highest BCUT2D eigenvalue weighted by molar-refractivity contribution is 6.23. The summed E-state index contributed by atoms with van der Waals surface area (Å²) in [6, 6.07) is 67.4. The highest BCUT2D eigenvalue weighted by Gasteiger charge is 2.27. The molecular formula is C115H106. The molecular weight excluding hydrogens is 1380 g/mol. The van der Waals surface area contributed by atoms with Gasteiger partial charge in [-0.1, -0.05) is 205 Å². The molecule has 0 heteroatoms. The quantitative estimate of drug-likeness (QED) is 0.133. The fourth-order valence-corrected chi connectivity index (χ4v) is 22.7. The zero-order chi connectivity index (χ0) is 80.7. The van der Waals surface area contributed by atoms with Gasteiger partial charge in [0.05, 0.1) is 0 Å². The zero-order valence-corrected chi connectivity index (χ0v) is 71.9. The minimum Gasteiger partial charge on any atom is -0.0764 e. The third kappa shape index (κ3) is 11.3. The van der Waals surface area contributed by atoms with Gasteiger partial charge in [-0.15, -0.1) is 0 Å². The molecule has 115 heavy (non-hydrogen) atoms. The molecule has 2 aliphatic carbocycles. The van der Waals surface area contributed by atoms with Crippen LogP contribution in [0.4, 0.5) is 0 Å². The molecule has 0 N–H and O–H groups in total. The minimum atomic E-state index is 0.468. The molecule has 0 heterocycles. The summed E-state index contributed by atoms with van der Waals surface area (Å²) < 4.78 is 0. The highest BCUT2D eigenvalue weighted by atomic mass is 14.3. The number of benzene rings is 19. The molecule has 0 spiro atoms. The Kier molecular flexibility index (Phi) is 18.1. The molecule has 2 unspecified atom stereocenters. The van der Waals surface area contributed by atoms with Crippen molar-refractivity contribution in [3.05, 3.63) is 339 Å². The summed E-state index contributed by atoms with van der Waals surface area (Å²) in [6.07, 6.45) is 12.1. The van der Waals surface area contributed by atoms with Gasteiger partial charge in [0, 0.05) is 11.8 Å². The van der Waals surface area contributed by atoms with Crippen molar-refractivity contribution in [2.75, 3.05) is 0 Å². The number of allylic oxidation sites excluding steroid dienone is 4. The molecule has 0 amide bonds. The topological polar surface area (TPSA) is 0 Å². The van der Waals surface area contributed by atoms with Gasteiger partial charge >= 0.3 is 0 Å². The van der Waals surface area contributed by atoms with Gasteiger partial charge in [-0.25, -0.2) is 0 Å². The van der Waals surface area contributed by atoms with Crippen molar-refractivity contribution in [1.29, 1.82) is 0 Å². The van der Waals surface area contributed by atoms with Crippen LogP contribution in [0.1, 0.15) is 129 Å². The van der Waals surface area contributed by atoms with Crippen LogP contribution in [0, 0.1) is 164 Å². The Balaban J connectivity index is 0.000000107. The van der Waals surface area contributed by atoms with E-state index in [-0.39, 0.29) is 0 Å². The average molecular weight is 1490 g/mol. The maximum atomic E-state index is 2.52. The summed E-state index contributed by atoms with van der Waals surface area (Å²) in [4.78, 5) is 0. The van der Waals surface area contributed by atoms with Gasteiger partial charge in [0.15, 0.2) is 0 Å². The second kappa shape index (κ2) is 27.8. The van der Waals surface area contributed by atoms with E-state index in [0.29, 0.717) is 11.8 Å². The first-order valence-corrected chi connectivity index (χ1v) is 41.8. The summed E-state index contributed by atoms with van der Waals surface area (Å²) in [5.74, 6) is 0.938.